The van der Waals surface area contributed by atoms with Crippen LogP contribution in [-0.4, -0.2) is 17.0 Å². The number of ether oxygens (including phenoxy) is 1. The topological polar surface area (TPSA) is 89.6 Å². The van der Waals surface area contributed by atoms with Crippen LogP contribution in [0, 0.1) is 13.8 Å². The number of carbonyl (C=O) groups is 2. The predicted octanol–water partition coefficient (Wildman–Crippen LogP) is 2.74. The average Bonchev–Trinajstić information content (AvgIpc) is 2.86. The largest absolute Gasteiger partial charge is 0.488 e. The van der Waals surface area contributed by atoms with E-state index in [-0.39, 0.29) is 11.5 Å². The number of benzene rings is 1. The molecule has 1 amide bonds. The Labute approximate surface area is 126 Å². The van der Waals surface area contributed by atoms with Gasteiger partial charge in [0.05, 0.1) is 0 Å². The molecule has 0 aliphatic carbocycles. The van der Waals surface area contributed by atoms with E-state index in [1.54, 1.807) is 23.6 Å². The van der Waals surface area contributed by atoms with Crippen molar-refractivity contribution in [3.8, 4) is 5.75 Å². The summed E-state index contributed by atoms with van der Waals surface area (Å²) in [5.74, 6) is -0.803. The Kier molecular flexibility index (Phi) is 4.28. The fourth-order valence-electron chi connectivity index (χ4n) is 2.11. The van der Waals surface area contributed by atoms with E-state index in [9.17, 15) is 9.59 Å². The van der Waals surface area contributed by atoms with Crippen LogP contribution in [0.15, 0.2) is 23.6 Å². The lowest BCUT2D eigenvalue weighted by Crippen LogP contribution is -2.12. The molecule has 110 valence electrons. The van der Waals surface area contributed by atoms with Gasteiger partial charge in [-0.3, -0.25) is 4.79 Å². The monoisotopic (exact) mass is 305 g/mol. The van der Waals surface area contributed by atoms with Crippen LogP contribution < -0.4 is 10.5 Å². The van der Waals surface area contributed by atoms with Crippen molar-refractivity contribution in [2.45, 2.75) is 20.5 Å². The summed E-state index contributed by atoms with van der Waals surface area (Å²) in [7, 11) is 0. The summed E-state index contributed by atoms with van der Waals surface area (Å²) in [6.45, 7) is 3.81. The van der Waals surface area contributed by atoms with Gasteiger partial charge in [0, 0.05) is 11.1 Å². The molecule has 1 aromatic heterocycles. The second-order valence-electron chi connectivity index (χ2n) is 4.67. The summed E-state index contributed by atoms with van der Waals surface area (Å²) in [5.41, 5.74) is 7.90. The van der Waals surface area contributed by atoms with Crippen LogP contribution in [-0.2, 0) is 6.61 Å². The Morgan fingerprint density at radius 3 is 2.43 bits per heavy atom. The van der Waals surface area contributed by atoms with Crippen molar-refractivity contribution in [3.63, 3.8) is 0 Å². The third-order valence-corrected chi connectivity index (χ3v) is 4.00. The Bertz CT molecular complexity index is 682. The van der Waals surface area contributed by atoms with Crippen molar-refractivity contribution in [3.05, 3.63) is 50.7 Å². The normalized spacial score (nSPS) is 10.4. The number of carboxylic acids is 1. The minimum absolute atomic E-state index is 0.169. The zero-order valence-corrected chi connectivity index (χ0v) is 12.5. The molecule has 0 fully saturated rings. The van der Waals surface area contributed by atoms with Crippen molar-refractivity contribution in [2.75, 3.05) is 0 Å². The molecule has 0 saturated heterocycles. The summed E-state index contributed by atoms with van der Waals surface area (Å²) in [5, 5.41) is 10.8. The van der Waals surface area contributed by atoms with Crippen molar-refractivity contribution < 1.29 is 19.4 Å². The number of carboxylic acid groups (broad SMARTS) is 1. The van der Waals surface area contributed by atoms with Gasteiger partial charge < -0.3 is 15.6 Å². The van der Waals surface area contributed by atoms with Crippen LogP contribution in [0.25, 0.3) is 0 Å². The highest BCUT2D eigenvalue weighted by Gasteiger charge is 2.14. The molecule has 5 nitrogen and oxygen atoms in total. The Balaban J connectivity index is 2.22. The van der Waals surface area contributed by atoms with E-state index in [2.05, 4.69) is 0 Å². The third kappa shape index (κ3) is 3.22. The summed E-state index contributed by atoms with van der Waals surface area (Å²) in [6, 6.07) is 5.06. The number of carbonyl (C=O) groups excluding carboxylic acids is 1. The highest BCUT2D eigenvalue weighted by atomic mass is 32.1. The van der Waals surface area contributed by atoms with Crippen molar-refractivity contribution in [1.82, 2.24) is 0 Å². The van der Waals surface area contributed by atoms with E-state index in [0.29, 0.717) is 16.9 Å². The first-order valence-electron chi connectivity index (χ1n) is 6.23. The molecule has 1 heterocycles. The van der Waals surface area contributed by atoms with E-state index in [4.69, 9.17) is 15.6 Å². The fourth-order valence-corrected chi connectivity index (χ4v) is 2.85. The van der Waals surface area contributed by atoms with Crippen LogP contribution in [0.5, 0.6) is 5.75 Å². The van der Waals surface area contributed by atoms with Gasteiger partial charge >= 0.3 is 5.97 Å². The maximum atomic E-state index is 11.2. The first-order chi connectivity index (χ1) is 9.90. The highest BCUT2D eigenvalue weighted by Crippen LogP contribution is 2.27. The number of hydrogen-bond acceptors (Lipinski definition) is 4. The highest BCUT2D eigenvalue weighted by molar-refractivity contribution is 7.12. The maximum absolute atomic E-state index is 11.2. The second kappa shape index (κ2) is 5.97. The lowest BCUT2D eigenvalue weighted by atomic mass is 10.1. The Morgan fingerprint density at radius 1 is 1.29 bits per heavy atom. The molecule has 0 bridgehead atoms. The van der Waals surface area contributed by atoms with Gasteiger partial charge in [0.25, 0.3) is 0 Å². The quantitative estimate of drug-likeness (QED) is 0.888. The number of aryl methyl sites for hydroxylation is 2. The Hall–Kier alpha value is -2.34. The van der Waals surface area contributed by atoms with Gasteiger partial charge in [-0.25, -0.2) is 4.79 Å². The summed E-state index contributed by atoms with van der Waals surface area (Å²) >= 11 is 1.17. The van der Waals surface area contributed by atoms with Crippen LogP contribution in [0.2, 0.25) is 0 Å². The molecule has 0 unspecified atom stereocenters. The lowest BCUT2D eigenvalue weighted by Gasteiger charge is -2.13. The molecule has 21 heavy (non-hydrogen) atoms. The van der Waals surface area contributed by atoms with Crippen LogP contribution in [0.1, 0.15) is 36.7 Å². The predicted molar refractivity (Wildman–Crippen MR) is 80.0 cm³/mol. The second-order valence-corrected chi connectivity index (χ2v) is 5.59. The molecule has 0 aliphatic rings. The number of primary amides is 1. The molecule has 0 saturated carbocycles. The van der Waals surface area contributed by atoms with Gasteiger partial charge in [-0.05, 0) is 48.6 Å². The summed E-state index contributed by atoms with van der Waals surface area (Å²) in [4.78, 5) is 22.5. The zero-order valence-electron chi connectivity index (χ0n) is 11.7. The number of amides is 1. The molecule has 2 rings (SSSR count). The van der Waals surface area contributed by atoms with E-state index < -0.39 is 11.9 Å². The van der Waals surface area contributed by atoms with Crippen LogP contribution >= 0.6 is 11.3 Å². The van der Waals surface area contributed by atoms with E-state index in [1.807, 2.05) is 13.8 Å². The number of aromatic carboxylic acids is 1. The van der Waals surface area contributed by atoms with Gasteiger partial charge in [0.15, 0.2) is 0 Å². The van der Waals surface area contributed by atoms with Crippen LogP contribution in [0.4, 0.5) is 0 Å². The first-order valence-corrected chi connectivity index (χ1v) is 7.11. The first kappa shape index (κ1) is 15.1. The van der Waals surface area contributed by atoms with Gasteiger partial charge in [-0.15, -0.1) is 11.3 Å². The SMILES string of the molecule is Cc1cc(C(N)=O)cc(C)c1OCc1ccsc1C(=O)O. The van der Waals surface area contributed by atoms with Gasteiger partial charge in [-0.1, -0.05) is 0 Å². The van der Waals surface area contributed by atoms with Crippen molar-refractivity contribution in [2.24, 2.45) is 5.73 Å². The van der Waals surface area contributed by atoms with Gasteiger partial charge in [0.2, 0.25) is 5.91 Å². The lowest BCUT2D eigenvalue weighted by molar-refractivity contribution is 0.0699. The minimum Gasteiger partial charge on any atom is -0.488 e. The summed E-state index contributed by atoms with van der Waals surface area (Å²) < 4.78 is 5.73. The Morgan fingerprint density at radius 2 is 1.90 bits per heavy atom. The molecule has 0 aliphatic heterocycles. The van der Waals surface area contributed by atoms with Crippen LogP contribution in [0.3, 0.4) is 0 Å². The smallest absolute Gasteiger partial charge is 0.346 e. The van der Waals surface area contributed by atoms with Gasteiger partial charge in [0.1, 0.15) is 17.2 Å². The molecular weight excluding hydrogens is 290 g/mol. The molecular formula is C15H15NO4S. The molecule has 3 N–H and O–H groups in total. The summed E-state index contributed by atoms with van der Waals surface area (Å²) in [6.07, 6.45) is 0. The minimum atomic E-state index is -0.957. The van der Waals surface area contributed by atoms with Crippen molar-refractivity contribution in [1.29, 1.82) is 0 Å². The van der Waals surface area contributed by atoms with Gasteiger partial charge in [-0.2, -0.15) is 0 Å². The third-order valence-electron chi connectivity index (χ3n) is 3.06. The average molecular weight is 305 g/mol. The van der Waals surface area contributed by atoms with E-state index in [0.717, 1.165) is 11.1 Å². The number of thiophene rings is 1. The molecule has 0 spiro atoms. The molecule has 6 heteroatoms. The molecule has 0 radical (unpaired) electrons. The maximum Gasteiger partial charge on any atom is 0.346 e. The number of nitrogens with two attached hydrogens (primary N) is 1. The van der Waals surface area contributed by atoms with Crippen molar-refractivity contribution >= 4 is 23.2 Å². The zero-order chi connectivity index (χ0) is 15.6. The molecule has 0 atom stereocenters. The number of hydrogen-bond donors (Lipinski definition) is 2. The van der Waals surface area contributed by atoms with E-state index in [1.165, 1.54) is 11.3 Å². The fraction of sp³-hybridized carbons (Fsp3) is 0.200. The number of rotatable bonds is 5. The molecule has 2 aromatic rings. The van der Waals surface area contributed by atoms with E-state index >= 15 is 0 Å². The standard InChI is InChI=1S/C15H15NO4S/c1-8-5-11(14(16)17)6-9(2)12(8)20-7-10-3-4-21-13(10)15(18)19/h3-6H,7H2,1-2H3,(H2,16,17)(H,18,19). The molecule has 1 aromatic carbocycles.